The maximum Gasteiger partial charge on any atom is 0.251 e. The predicted molar refractivity (Wildman–Crippen MR) is 62.0 cm³/mol. The van der Waals surface area contributed by atoms with E-state index in [1.54, 1.807) is 0 Å². The zero-order valence-corrected chi connectivity index (χ0v) is 9.04. The average molecular weight is 232 g/mol. The van der Waals surface area contributed by atoms with E-state index in [1.807, 2.05) is 30.3 Å². The largest absolute Gasteiger partial charge is 0.595 e. The Bertz CT molecular complexity index is 549. The van der Waals surface area contributed by atoms with Crippen LogP contribution in [-0.4, -0.2) is 9.77 Å². The Labute approximate surface area is 97.7 Å². The van der Waals surface area contributed by atoms with Crippen molar-refractivity contribution in [2.24, 2.45) is 0 Å². The molecule has 1 atom stereocenters. The molecule has 0 amide bonds. The number of nitrogens with zero attached hydrogens (tertiary/aromatic N) is 1. The van der Waals surface area contributed by atoms with E-state index in [1.165, 1.54) is 22.9 Å². The molecule has 2 aromatic rings. The van der Waals surface area contributed by atoms with E-state index in [-0.39, 0.29) is 11.2 Å². The van der Waals surface area contributed by atoms with Crippen molar-refractivity contribution in [1.29, 1.82) is 0 Å². The topological polar surface area (TPSA) is 69.7 Å². The van der Waals surface area contributed by atoms with Crippen LogP contribution in [0.1, 0.15) is 5.56 Å². The Morgan fingerprint density at radius 3 is 2.53 bits per heavy atom. The Hall–Kier alpha value is -1.95. The molecular weight excluding hydrogens is 220 g/mol. The quantitative estimate of drug-likeness (QED) is 0.748. The summed E-state index contributed by atoms with van der Waals surface area (Å²) in [7, 11) is 0. The van der Waals surface area contributed by atoms with Gasteiger partial charge in [-0.1, -0.05) is 30.3 Å². The summed E-state index contributed by atoms with van der Waals surface area (Å²) >= 11 is 0. The van der Waals surface area contributed by atoms with Gasteiger partial charge in [-0.15, -0.1) is 0 Å². The highest BCUT2D eigenvalue weighted by atomic mass is 16.8. The molecular formula is C12H12N2O3. The molecule has 0 fully saturated rings. The van der Waals surface area contributed by atoms with Crippen molar-refractivity contribution >= 4 is 5.69 Å². The first-order valence-electron chi connectivity index (χ1n) is 5.14. The molecule has 1 heterocycles. The fraction of sp³-hybridized carbons (Fsp3) is 0.0833. The summed E-state index contributed by atoms with van der Waals surface area (Å²) in [6, 6.07) is 12.0. The summed E-state index contributed by atoms with van der Waals surface area (Å²) in [5.41, 5.74) is 0.858. The van der Waals surface area contributed by atoms with Crippen LogP contribution in [0.4, 0.5) is 5.69 Å². The zero-order chi connectivity index (χ0) is 12.3. The first-order valence-corrected chi connectivity index (χ1v) is 5.14. The number of quaternary nitrogens is 1. The summed E-state index contributed by atoms with van der Waals surface area (Å²) in [6.07, 6.45) is 1.36. The lowest BCUT2D eigenvalue weighted by Gasteiger charge is -2.13. The average Bonchev–Trinajstić information content (AvgIpc) is 2.33. The van der Waals surface area contributed by atoms with Crippen LogP contribution in [0.5, 0.6) is 0 Å². The summed E-state index contributed by atoms with van der Waals surface area (Å²) in [6.45, 7) is 0.376. The molecule has 0 aliphatic heterocycles. The van der Waals surface area contributed by atoms with E-state index < -0.39 is 5.23 Å². The number of rotatable bonds is 3. The van der Waals surface area contributed by atoms with Crippen LogP contribution >= 0.6 is 0 Å². The van der Waals surface area contributed by atoms with E-state index >= 15 is 0 Å². The molecule has 2 rings (SSSR count). The van der Waals surface area contributed by atoms with Crippen molar-refractivity contribution < 1.29 is 10.4 Å². The molecule has 1 aromatic heterocycles. The maximum absolute atomic E-state index is 11.6. The van der Waals surface area contributed by atoms with Gasteiger partial charge in [0.05, 0.1) is 12.7 Å². The summed E-state index contributed by atoms with van der Waals surface area (Å²) < 4.78 is 1.39. The van der Waals surface area contributed by atoms with Crippen molar-refractivity contribution in [2.75, 3.05) is 0 Å². The highest BCUT2D eigenvalue weighted by Crippen LogP contribution is 2.02. The molecule has 5 heteroatoms. The molecule has 2 N–H and O–H groups in total. The fourth-order valence-corrected chi connectivity index (χ4v) is 1.56. The number of pyridine rings is 1. The van der Waals surface area contributed by atoms with Crippen LogP contribution in [0.3, 0.4) is 0 Å². The number of benzene rings is 1. The molecule has 17 heavy (non-hydrogen) atoms. The summed E-state index contributed by atoms with van der Waals surface area (Å²) in [4.78, 5) is 11.6. The second-order valence-electron chi connectivity index (χ2n) is 3.67. The van der Waals surface area contributed by atoms with Crippen molar-refractivity contribution in [3.05, 3.63) is 69.8 Å². The SMILES string of the molecule is O=c1ccc([NH+]([O-])O)cn1Cc1ccccc1. The summed E-state index contributed by atoms with van der Waals surface area (Å²) in [5.74, 6) is 0. The molecule has 0 saturated carbocycles. The first kappa shape index (κ1) is 11.5. The lowest BCUT2D eigenvalue weighted by Crippen LogP contribution is -2.99. The second kappa shape index (κ2) is 4.92. The summed E-state index contributed by atoms with van der Waals surface area (Å²) in [5, 5.41) is 18.6. The van der Waals surface area contributed by atoms with Gasteiger partial charge in [0.1, 0.15) is 0 Å². The molecule has 1 unspecified atom stereocenters. The van der Waals surface area contributed by atoms with Gasteiger partial charge >= 0.3 is 0 Å². The van der Waals surface area contributed by atoms with Crippen molar-refractivity contribution in [3.8, 4) is 0 Å². The third kappa shape index (κ3) is 2.79. The molecule has 0 saturated heterocycles. The van der Waals surface area contributed by atoms with Gasteiger partial charge in [-0.2, -0.15) is 5.23 Å². The van der Waals surface area contributed by atoms with Crippen molar-refractivity contribution in [2.45, 2.75) is 6.54 Å². The monoisotopic (exact) mass is 232 g/mol. The highest BCUT2D eigenvalue weighted by molar-refractivity contribution is 5.25. The third-order valence-electron chi connectivity index (χ3n) is 2.43. The minimum absolute atomic E-state index is 0.112. The van der Waals surface area contributed by atoms with Gasteiger partial charge in [0, 0.05) is 12.1 Å². The van der Waals surface area contributed by atoms with Crippen LogP contribution in [0.25, 0.3) is 0 Å². The van der Waals surface area contributed by atoms with Gasteiger partial charge in [0.15, 0.2) is 5.69 Å². The molecule has 0 aliphatic rings. The lowest BCUT2D eigenvalue weighted by atomic mass is 10.2. The number of hydrogen-bond acceptors (Lipinski definition) is 3. The van der Waals surface area contributed by atoms with Crippen LogP contribution in [0.15, 0.2) is 53.5 Å². The minimum Gasteiger partial charge on any atom is -0.595 e. The Morgan fingerprint density at radius 2 is 1.88 bits per heavy atom. The van der Waals surface area contributed by atoms with Gasteiger partial charge in [0.2, 0.25) is 0 Å². The van der Waals surface area contributed by atoms with E-state index in [9.17, 15) is 10.0 Å². The van der Waals surface area contributed by atoms with Crippen molar-refractivity contribution in [3.63, 3.8) is 0 Å². The minimum atomic E-state index is -1.04. The van der Waals surface area contributed by atoms with E-state index in [2.05, 4.69) is 0 Å². The maximum atomic E-state index is 11.6. The van der Waals surface area contributed by atoms with Gasteiger partial charge < -0.3 is 9.77 Å². The molecule has 1 aromatic carbocycles. The Kier molecular flexibility index (Phi) is 3.34. The number of aromatic nitrogens is 1. The molecule has 0 aliphatic carbocycles. The predicted octanol–water partition coefficient (Wildman–Crippen LogP) is 0.300. The van der Waals surface area contributed by atoms with E-state index in [0.717, 1.165) is 5.56 Å². The van der Waals surface area contributed by atoms with Crippen molar-refractivity contribution in [1.82, 2.24) is 4.57 Å². The molecule has 0 spiro atoms. The standard InChI is InChI=1S/C12H12N2O3/c15-12-7-6-11(14(16)17)9-13(12)8-10-4-2-1-3-5-10/h1-7,9,14,16H,8H2. The third-order valence-corrected chi connectivity index (χ3v) is 2.43. The van der Waals surface area contributed by atoms with Gasteiger partial charge in [0.25, 0.3) is 5.56 Å². The Balaban J connectivity index is 2.32. The normalized spacial score (nSPS) is 12.4. The van der Waals surface area contributed by atoms with Crippen LogP contribution in [0.2, 0.25) is 0 Å². The fourth-order valence-electron chi connectivity index (χ4n) is 1.56. The lowest BCUT2D eigenvalue weighted by molar-refractivity contribution is -0.991. The number of nitrogens with one attached hydrogen (secondary N) is 1. The first-order chi connectivity index (χ1) is 8.16. The van der Waals surface area contributed by atoms with Crippen LogP contribution < -0.4 is 10.8 Å². The number of hydrogen-bond donors (Lipinski definition) is 2. The van der Waals surface area contributed by atoms with Crippen LogP contribution in [-0.2, 0) is 6.54 Å². The van der Waals surface area contributed by atoms with Gasteiger partial charge in [-0.25, -0.2) is 5.21 Å². The van der Waals surface area contributed by atoms with Gasteiger partial charge in [-0.05, 0) is 5.56 Å². The second-order valence-corrected chi connectivity index (χ2v) is 3.67. The molecule has 5 nitrogen and oxygen atoms in total. The smallest absolute Gasteiger partial charge is 0.251 e. The molecule has 0 bridgehead atoms. The highest BCUT2D eigenvalue weighted by Gasteiger charge is 2.04. The van der Waals surface area contributed by atoms with E-state index in [4.69, 9.17) is 5.21 Å². The Morgan fingerprint density at radius 1 is 1.18 bits per heavy atom. The zero-order valence-electron chi connectivity index (χ0n) is 9.04. The van der Waals surface area contributed by atoms with E-state index in [0.29, 0.717) is 6.54 Å². The van der Waals surface area contributed by atoms with Crippen LogP contribution in [0, 0.1) is 5.21 Å². The van der Waals surface area contributed by atoms with Gasteiger partial charge in [-0.3, -0.25) is 4.79 Å². The molecule has 88 valence electrons. The molecule has 0 radical (unpaired) electrons.